The number of carbonyl (C=O) groups is 2. The Bertz CT molecular complexity index is 497. The zero-order chi connectivity index (χ0) is 15.9. The molecule has 0 fully saturated rings. The first-order valence-electron chi connectivity index (χ1n) is 6.57. The highest BCUT2D eigenvalue weighted by atomic mass is 16.6. The number of nitrogens with one attached hydrogen (secondary N) is 2. The molecule has 0 unspecified atom stereocenters. The number of hydrogen-bond donors (Lipinski definition) is 2. The summed E-state index contributed by atoms with van der Waals surface area (Å²) in [7, 11) is 1.47. The molecule has 2 N–H and O–H groups in total. The summed E-state index contributed by atoms with van der Waals surface area (Å²) in [4.78, 5) is 27.3. The number of alkyl carbamates (subject to hydrolysis) is 1. The fourth-order valence-electron chi connectivity index (χ4n) is 1.46. The lowest BCUT2D eigenvalue weighted by Crippen LogP contribution is -2.38. The molecule has 0 aliphatic rings. The van der Waals surface area contributed by atoms with Gasteiger partial charge in [0.15, 0.2) is 5.69 Å². The van der Waals surface area contributed by atoms with Crippen molar-refractivity contribution >= 4 is 12.0 Å². The van der Waals surface area contributed by atoms with Crippen LogP contribution in [-0.4, -0.2) is 42.8 Å². The average Bonchev–Trinajstić information content (AvgIpc) is 2.41. The normalized spacial score (nSPS) is 10.7. The Morgan fingerprint density at radius 2 is 1.90 bits per heavy atom. The molecule has 0 saturated heterocycles. The van der Waals surface area contributed by atoms with E-state index in [9.17, 15) is 9.59 Å². The zero-order valence-electron chi connectivity index (χ0n) is 12.7. The zero-order valence-corrected chi connectivity index (χ0v) is 12.7. The maximum atomic E-state index is 11.9. The van der Waals surface area contributed by atoms with Gasteiger partial charge in [-0.05, 0) is 32.9 Å². The van der Waals surface area contributed by atoms with Crippen molar-refractivity contribution in [1.29, 1.82) is 0 Å². The smallest absolute Gasteiger partial charge is 0.407 e. The summed E-state index contributed by atoms with van der Waals surface area (Å²) in [5.74, 6) is 0.0357. The summed E-state index contributed by atoms with van der Waals surface area (Å²) < 4.78 is 10.1. The number of rotatable bonds is 5. The van der Waals surface area contributed by atoms with Crippen molar-refractivity contribution in [1.82, 2.24) is 15.6 Å². The predicted molar refractivity (Wildman–Crippen MR) is 77.4 cm³/mol. The first kappa shape index (κ1) is 16.7. The fourth-order valence-corrected chi connectivity index (χ4v) is 1.46. The molecule has 2 amide bonds. The molecule has 0 aliphatic carbocycles. The van der Waals surface area contributed by atoms with Crippen LogP contribution in [0.4, 0.5) is 4.79 Å². The van der Waals surface area contributed by atoms with Crippen LogP contribution in [-0.2, 0) is 4.74 Å². The van der Waals surface area contributed by atoms with Crippen molar-refractivity contribution < 1.29 is 19.1 Å². The van der Waals surface area contributed by atoms with Crippen LogP contribution in [0, 0.1) is 0 Å². The number of methoxy groups -OCH3 is 1. The summed E-state index contributed by atoms with van der Waals surface area (Å²) in [6, 6.07) is 3.33. The average molecular weight is 295 g/mol. The fraction of sp³-hybridized carbons (Fsp3) is 0.500. The summed E-state index contributed by atoms with van der Waals surface area (Å²) in [5.41, 5.74) is -0.341. The van der Waals surface area contributed by atoms with Crippen LogP contribution in [0.5, 0.6) is 5.75 Å². The lowest BCUT2D eigenvalue weighted by Gasteiger charge is -2.19. The van der Waals surface area contributed by atoms with E-state index in [2.05, 4.69) is 15.6 Å². The van der Waals surface area contributed by atoms with Gasteiger partial charge in [0, 0.05) is 19.3 Å². The predicted octanol–water partition coefficient (Wildman–Crippen LogP) is 1.34. The molecule has 1 aromatic rings. The van der Waals surface area contributed by atoms with Crippen molar-refractivity contribution in [2.75, 3.05) is 20.2 Å². The maximum Gasteiger partial charge on any atom is 0.407 e. The number of carbonyl (C=O) groups excluding carboxylic acids is 2. The first-order chi connectivity index (χ1) is 9.83. The Morgan fingerprint density at radius 3 is 2.52 bits per heavy atom. The molecule has 0 radical (unpaired) electrons. The van der Waals surface area contributed by atoms with Gasteiger partial charge in [0.25, 0.3) is 5.91 Å². The highest BCUT2D eigenvalue weighted by molar-refractivity contribution is 5.94. The van der Waals surface area contributed by atoms with Crippen molar-refractivity contribution in [2.45, 2.75) is 26.4 Å². The van der Waals surface area contributed by atoms with Crippen LogP contribution in [0.25, 0.3) is 0 Å². The van der Waals surface area contributed by atoms with E-state index >= 15 is 0 Å². The van der Waals surface area contributed by atoms with Gasteiger partial charge in [0.05, 0.1) is 7.11 Å². The third-order valence-corrected chi connectivity index (χ3v) is 2.28. The first-order valence-corrected chi connectivity index (χ1v) is 6.57. The van der Waals surface area contributed by atoms with Crippen LogP contribution in [0.3, 0.4) is 0 Å². The molecule has 0 saturated carbocycles. The van der Waals surface area contributed by atoms with Gasteiger partial charge < -0.3 is 20.1 Å². The van der Waals surface area contributed by atoms with Crippen molar-refractivity contribution in [2.24, 2.45) is 0 Å². The van der Waals surface area contributed by atoms with Gasteiger partial charge >= 0.3 is 6.09 Å². The molecule has 0 aromatic carbocycles. The van der Waals surface area contributed by atoms with E-state index in [1.54, 1.807) is 32.9 Å². The minimum Gasteiger partial charge on any atom is -0.494 e. The molecule has 1 heterocycles. The lowest BCUT2D eigenvalue weighted by molar-refractivity contribution is 0.0526. The van der Waals surface area contributed by atoms with Gasteiger partial charge in [0.1, 0.15) is 11.4 Å². The van der Waals surface area contributed by atoms with E-state index in [0.29, 0.717) is 5.75 Å². The molecule has 0 spiro atoms. The topological polar surface area (TPSA) is 89.5 Å². The van der Waals surface area contributed by atoms with E-state index in [4.69, 9.17) is 9.47 Å². The Kier molecular flexibility index (Phi) is 5.95. The lowest BCUT2D eigenvalue weighted by atomic mass is 10.2. The Hall–Kier alpha value is -2.31. The minimum absolute atomic E-state index is 0.206. The van der Waals surface area contributed by atoms with Crippen LogP contribution < -0.4 is 15.4 Å². The van der Waals surface area contributed by atoms with Gasteiger partial charge in [-0.15, -0.1) is 0 Å². The van der Waals surface area contributed by atoms with Crippen molar-refractivity contribution in [3.63, 3.8) is 0 Å². The monoisotopic (exact) mass is 295 g/mol. The number of hydrogen-bond acceptors (Lipinski definition) is 5. The molecule has 0 bridgehead atoms. The number of pyridine rings is 1. The molecule has 21 heavy (non-hydrogen) atoms. The highest BCUT2D eigenvalue weighted by Crippen LogP contribution is 2.13. The van der Waals surface area contributed by atoms with E-state index < -0.39 is 11.7 Å². The number of amides is 2. The molecule has 116 valence electrons. The second-order valence-electron chi connectivity index (χ2n) is 5.24. The number of ether oxygens (including phenoxy) is 2. The Morgan fingerprint density at radius 1 is 1.24 bits per heavy atom. The van der Waals surface area contributed by atoms with Crippen molar-refractivity contribution in [3.05, 3.63) is 24.0 Å². The van der Waals surface area contributed by atoms with Crippen LogP contribution >= 0.6 is 0 Å². The van der Waals surface area contributed by atoms with Gasteiger partial charge in [-0.2, -0.15) is 0 Å². The highest BCUT2D eigenvalue weighted by Gasteiger charge is 2.16. The second kappa shape index (κ2) is 7.47. The molecule has 7 heteroatoms. The third-order valence-electron chi connectivity index (χ3n) is 2.28. The molecule has 1 rings (SSSR count). The van der Waals surface area contributed by atoms with E-state index in [-0.39, 0.29) is 24.7 Å². The van der Waals surface area contributed by atoms with Crippen LogP contribution in [0.2, 0.25) is 0 Å². The SMILES string of the molecule is COc1cccnc1C(=O)NCCNC(=O)OC(C)(C)C. The minimum atomic E-state index is -0.547. The van der Waals surface area contributed by atoms with Gasteiger partial charge in [-0.3, -0.25) is 4.79 Å². The summed E-state index contributed by atoms with van der Waals surface area (Å²) in [6.07, 6.45) is 0.989. The van der Waals surface area contributed by atoms with Crippen LogP contribution in [0.15, 0.2) is 18.3 Å². The largest absolute Gasteiger partial charge is 0.494 e. The standard InChI is InChI=1S/C14H21N3O4/c1-14(2,3)21-13(19)17-9-8-16-12(18)11-10(20-4)6-5-7-15-11/h5-7H,8-9H2,1-4H3,(H,16,18)(H,17,19). The van der Waals surface area contributed by atoms with E-state index in [0.717, 1.165) is 0 Å². The van der Waals surface area contributed by atoms with E-state index in [1.807, 2.05) is 0 Å². The summed E-state index contributed by atoms with van der Waals surface area (Å²) in [5, 5.41) is 5.19. The van der Waals surface area contributed by atoms with Crippen molar-refractivity contribution in [3.8, 4) is 5.75 Å². The second-order valence-corrected chi connectivity index (χ2v) is 5.24. The molecule has 1 aromatic heterocycles. The van der Waals surface area contributed by atoms with E-state index in [1.165, 1.54) is 13.3 Å². The van der Waals surface area contributed by atoms with Gasteiger partial charge in [-0.1, -0.05) is 0 Å². The van der Waals surface area contributed by atoms with Gasteiger partial charge in [-0.25, -0.2) is 9.78 Å². The molecule has 7 nitrogen and oxygen atoms in total. The molecular weight excluding hydrogens is 274 g/mol. The third kappa shape index (κ3) is 6.11. The summed E-state index contributed by atoms with van der Waals surface area (Å²) in [6.45, 7) is 5.86. The summed E-state index contributed by atoms with van der Waals surface area (Å²) >= 11 is 0. The number of aromatic nitrogens is 1. The quantitative estimate of drug-likeness (QED) is 0.800. The Balaban J connectivity index is 2.36. The van der Waals surface area contributed by atoms with Gasteiger partial charge in [0.2, 0.25) is 0 Å². The molecule has 0 aliphatic heterocycles. The Labute approximate surface area is 124 Å². The number of nitrogens with zero attached hydrogens (tertiary/aromatic N) is 1. The maximum absolute atomic E-state index is 11.9. The molecular formula is C14H21N3O4. The van der Waals surface area contributed by atoms with Crippen LogP contribution in [0.1, 0.15) is 31.3 Å². The molecule has 0 atom stereocenters.